The standard InChI is InChI=1S/C18H25N5O2/c1-4-5-6-8-12(2)19-17(24)18(25)21-15-10-7-9-14(11-15)16-20-13(3)22-23-16/h7,9-12H,4-6,8H2,1-3H3,(H,19,24)(H,21,25)(H,20,22,23)/t12-/m0/s1. The van der Waals surface area contributed by atoms with Crippen LogP contribution in [-0.4, -0.2) is 33.0 Å². The van der Waals surface area contributed by atoms with Gasteiger partial charge in [0.15, 0.2) is 5.82 Å². The van der Waals surface area contributed by atoms with E-state index in [1.807, 2.05) is 19.9 Å². The van der Waals surface area contributed by atoms with E-state index < -0.39 is 11.8 Å². The first kappa shape index (κ1) is 18.6. The molecule has 2 rings (SSSR count). The van der Waals surface area contributed by atoms with Gasteiger partial charge in [-0.1, -0.05) is 38.3 Å². The van der Waals surface area contributed by atoms with Gasteiger partial charge in [0, 0.05) is 17.3 Å². The van der Waals surface area contributed by atoms with Crippen LogP contribution in [0.5, 0.6) is 0 Å². The Hall–Kier alpha value is -2.70. The fourth-order valence-electron chi connectivity index (χ4n) is 2.46. The van der Waals surface area contributed by atoms with Crippen molar-refractivity contribution in [1.82, 2.24) is 20.5 Å². The zero-order chi connectivity index (χ0) is 18.2. The van der Waals surface area contributed by atoms with Crippen LogP contribution in [0.4, 0.5) is 5.69 Å². The van der Waals surface area contributed by atoms with Crippen molar-refractivity contribution in [3.8, 4) is 11.4 Å². The molecule has 134 valence electrons. The number of amides is 2. The third-order valence-electron chi connectivity index (χ3n) is 3.80. The van der Waals surface area contributed by atoms with Crippen LogP contribution >= 0.6 is 0 Å². The van der Waals surface area contributed by atoms with Crippen molar-refractivity contribution in [3.63, 3.8) is 0 Å². The number of benzene rings is 1. The molecule has 25 heavy (non-hydrogen) atoms. The van der Waals surface area contributed by atoms with Gasteiger partial charge in [0.2, 0.25) is 0 Å². The van der Waals surface area contributed by atoms with E-state index in [4.69, 9.17) is 0 Å². The van der Waals surface area contributed by atoms with E-state index in [-0.39, 0.29) is 6.04 Å². The molecule has 0 radical (unpaired) electrons. The summed E-state index contributed by atoms with van der Waals surface area (Å²) < 4.78 is 0. The number of hydrogen-bond donors (Lipinski definition) is 3. The van der Waals surface area contributed by atoms with Gasteiger partial charge in [-0.2, -0.15) is 5.10 Å². The lowest BCUT2D eigenvalue weighted by Crippen LogP contribution is -2.40. The molecule has 0 fully saturated rings. The van der Waals surface area contributed by atoms with Crippen LogP contribution in [0, 0.1) is 6.92 Å². The molecule has 2 aromatic rings. The molecular formula is C18H25N5O2. The zero-order valence-corrected chi connectivity index (χ0v) is 14.9. The lowest BCUT2D eigenvalue weighted by Gasteiger charge is -2.13. The highest BCUT2D eigenvalue weighted by molar-refractivity contribution is 6.39. The lowest BCUT2D eigenvalue weighted by atomic mass is 10.1. The fraction of sp³-hybridized carbons (Fsp3) is 0.444. The molecule has 0 aliphatic carbocycles. The van der Waals surface area contributed by atoms with Gasteiger partial charge in [-0.3, -0.25) is 14.7 Å². The van der Waals surface area contributed by atoms with Crippen molar-refractivity contribution in [2.24, 2.45) is 0 Å². The van der Waals surface area contributed by atoms with Gasteiger partial charge < -0.3 is 10.6 Å². The number of aryl methyl sites for hydroxylation is 1. The predicted molar refractivity (Wildman–Crippen MR) is 96.9 cm³/mol. The number of aromatic nitrogens is 3. The maximum atomic E-state index is 12.1. The molecular weight excluding hydrogens is 318 g/mol. The first-order valence-electron chi connectivity index (χ1n) is 8.61. The third kappa shape index (κ3) is 5.70. The zero-order valence-electron chi connectivity index (χ0n) is 14.9. The number of carbonyl (C=O) groups excluding carboxylic acids is 2. The molecule has 0 unspecified atom stereocenters. The van der Waals surface area contributed by atoms with Crippen LogP contribution < -0.4 is 10.6 Å². The van der Waals surface area contributed by atoms with Gasteiger partial charge in [0.05, 0.1) is 0 Å². The summed E-state index contributed by atoms with van der Waals surface area (Å²) in [5, 5.41) is 12.2. The van der Waals surface area contributed by atoms with Gasteiger partial charge in [-0.25, -0.2) is 4.98 Å². The number of hydrogen-bond acceptors (Lipinski definition) is 4. The molecule has 1 atom stereocenters. The average Bonchev–Trinajstić information content (AvgIpc) is 3.02. The van der Waals surface area contributed by atoms with Crippen molar-refractivity contribution < 1.29 is 9.59 Å². The Morgan fingerprint density at radius 1 is 1.24 bits per heavy atom. The molecule has 3 N–H and O–H groups in total. The molecule has 1 aromatic heterocycles. The van der Waals surface area contributed by atoms with E-state index in [0.717, 1.165) is 31.2 Å². The number of carbonyl (C=O) groups is 2. The summed E-state index contributed by atoms with van der Waals surface area (Å²) in [6, 6.07) is 7.06. The molecule has 2 amide bonds. The number of nitrogens with zero attached hydrogens (tertiary/aromatic N) is 2. The van der Waals surface area contributed by atoms with E-state index in [1.54, 1.807) is 18.2 Å². The lowest BCUT2D eigenvalue weighted by molar-refractivity contribution is -0.136. The molecule has 0 bridgehead atoms. The molecule has 7 heteroatoms. The summed E-state index contributed by atoms with van der Waals surface area (Å²) in [5.41, 5.74) is 1.29. The SMILES string of the molecule is CCCCC[C@H](C)NC(=O)C(=O)Nc1cccc(-c2n[nH]c(C)n2)c1. The summed E-state index contributed by atoms with van der Waals surface area (Å²) >= 11 is 0. The predicted octanol–water partition coefficient (Wildman–Crippen LogP) is 2.80. The van der Waals surface area contributed by atoms with E-state index in [0.29, 0.717) is 17.3 Å². The van der Waals surface area contributed by atoms with Crippen LogP contribution in [-0.2, 0) is 9.59 Å². The van der Waals surface area contributed by atoms with Gasteiger partial charge >= 0.3 is 11.8 Å². The minimum absolute atomic E-state index is 0.0210. The maximum absolute atomic E-state index is 12.1. The van der Waals surface area contributed by atoms with Crippen molar-refractivity contribution >= 4 is 17.5 Å². The Morgan fingerprint density at radius 2 is 2.04 bits per heavy atom. The van der Waals surface area contributed by atoms with Crippen LogP contribution in [0.15, 0.2) is 24.3 Å². The molecule has 0 spiro atoms. The largest absolute Gasteiger partial charge is 0.345 e. The number of anilines is 1. The fourth-order valence-corrected chi connectivity index (χ4v) is 2.46. The summed E-state index contributed by atoms with van der Waals surface area (Å²) in [5.74, 6) is -0.0442. The molecule has 0 aliphatic heterocycles. The Kier molecular flexibility index (Phi) is 6.68. The Labute approximate surface area is 147 Å². The minimum atomic E-state index is -0.675. The molecule has 1 heterocycles. The van der Waals surface area contributed by atoms with Crippen molar-refractivity contribution in [2.75, 3.05) is 5.32 Å². The van der Waals surface area contributed by atoms with Crippen molar-refractivity contribution in [2.45, 2.75) is 52.5 Å². The van der Waals surface area contributed by atoms with Crippen LogP contribution in [0.2, 0.25) is 0 Å². The quantitative estimate of drug-likeness (QED) is 0.531. The second-order valence-electron chi connectivity index (χ2n) is 6.15. The van der Waals surface area contributed by atoms with Crippen LogP contribution in [0.3, 0.4) is 0 Å². The third-order valence-corrected chi connectivity index (χ3v) is 3.80. The van der Waals surface area contributed by atoms with E-state index in [1.165, 1.54) is 0 Å². The highest BCUT2D eigenvalue weighted by Gasteiger charge is 2.16. The summed E-state index contributed by atoms with van der Waals surface area (Å²) in [6.07, 6.45) is 4.16. The number of H-pyrrole nitrogens is 1. The van der Waals surface area contributed by atoms with Crippen LogP contribution in [0.25, 0.3) is 11.4 Å². The average molecular weight is 343 g/mol. The number of nitrogens with one attached hydrogen (secondary N) is 3. The summed E-state index contributed by atoms with van der Waals surface area (Å²) in [7, 11) is 0. The molecule has 7 nitrogen and oxygen atoms in total. The number of aromatic amines is 1. The first-order valence-corrected chi connectivity index (χ1v) is 8.61. The molecule has 1 aromatic carbocycles. The van der Waals surface area contributed by atoms with Gasteiger partial charge in [0.1, 0.15) is 5.82 Å². The highest BCUT2D eigenvalue weighted by atomic mass is 16.2. The molecule has 0 aliphatic rings. The highest BCUT2D eigenvalue weighted by Crippen LogP contribution is 2.19. The summed E-state index contributed by atoms with van der Waals surface area (Å²) in [4.78, 5) is 28.3. The molecule has 0 saturated carbocycles. The number of rotatable bonds is 7. The maximum Gasteiger partial charge on any atom is 0.313 e. The topological polar surface area (TPSA) is 99.8 Å². The Balaban J connectivity index is 1.92. The summed E-state index contributed by atoms with van der Waals surface area (Å²) in [6.45, 7) is 5.85. The van der Waals surface area contributed by atoms with E-state index in [9.17, 15) is 9.59 Å². The smallest absolute Gasteiger partial charge is 0.313 e. The van der Waals surface area contributed by atoms with E-state index >= 15 is 0 Å². The second-order valence-corrected chi connectivity index (χ2v) is 6.15. The first-order chi connectivity index (χ1) is 12.0. The molecule has 0 saturated heterocycles. The van der Waals surface area contributed by atoms with Gasteiger partial charge in [0.25, 0.3) is 0 Å². The van der Waals surface area contributed by atoms with E-state index in [2.05, 4.69) is 32.7 Å². The monoisotopic (exact) mass is 343 g/mol. The normalized spacial score (nSPS) is 11.8. The van der Waals surface area contributed by atoms with Gasteiger partial charge in [-0.15, -0.1) is 0 Å². The second kappa shape index (κ2) is 8.96. The van der Waals surface area contributed by atoms with Crippen molar-refractivity contribution in [3.05, 3.63) is 30.1 Å². The number of unbranched alkanes of at least 4 members (excludes halogenated alkanes) is 2. The minimum Gasteiger partial charge on any atom is -0.345 e. The Morgan fingerprint density at radius 3 is 2.72 bits per heavy atom. The Bertz CT molecular complexity index is 726. The van der Waals surface area contributed by atoms with Crippen molar-refractivity contribution in [1.29, 1.82) is 0 Å². The van der Waals surface area contributed by atoms with Crippen LogP contribution in [0.1, 0.15) is 45.4 Å². The van der Waals surface area contributed by atoms with Gasteiger partial charge in [-0.05, 0) is 32.4 Å².